The highest BCUT2D eigenvalue weighted by Crippen LogP contribution is 2.28. The van der Waals surface area contributed by atoms with Crippen molar-refractivity contribution in [3.8, 4) is 0 Å². The Bertz CT molecular complexity index is 482. The summed E-state index contributed by atoms with van der Waals surface area (Å²) >= 11 is 0. The van der Waals surface area contributed by atoms with Crippen LogP contribution in [0, 0.1) is 5.92 Å². The Morgan fingerprint density at radius 1 is 1.28 bits per heavy atom. The van der Waals surface area contributed by atoms with Crippen LogP contribution in [0.15, 0.2) is 29.3 Å². The molecule has 1 aliphatic heterocycles. The van der Waals surface area contributed by atoms with Gasteiger partial charge in [0.05, 0.1) is 0 Å². The fourth-order valence-electron chi connectivity index (χ4n) is 2.90. The number of hydrogen-bond acceptors (Lipinski definition) is 2. The van der Waals surface area contributed by atoms with E-state index in [0.29, 0.717) is 5.92 Å². The first-order chi connectivity index (χ1) is 8.78. The summed E-state index contributed by atoms with van der Waals surface area (Å²) in [6.45, 7) is 2.09. The molecule has 0 saturated carbocycles. The van der Waals surface area contributed by atoms with Crippen molar-refractivity contribution in [2.24, 2.45) is 10.9 Å². The summed E-state index contributed by atoms with van der Waals surface area (Å²) in [5, 5.41) is 2.98. The summed E-state index contributed by atoms with van der Waals surface area (Å²) in [5.41, 5.74) is 2.80. The molecule has 1 aromatic carbocycles. The normalized spacial score (nSPS) is 22.8. The molecule has 1 aromatic rings. The van der Waals surface area contributed by atoms with E-state index >= 15 is 0 Å². The van der Waals surface area contributed by atoms with Crippen LogP contribution in [0.1, 0.15) is 30.9 Å². The van der Waals surface area contributed by atoms with Crippen LogP contribution < -0.4 is 5.32 Å². The molecule has 1 aliphatic carbocycles. The number of aliphatic imine (C=N–C) groups is 1. The molecule has 3 heteroatoms. The van der Waals surface area contributed by atoms with Crippen molar-refractivity contribution in [1.82, 2.24) is 5.32 Å². The third kappa shape index (κ3) is 1.94. The highest BCUT2D eigenvalue weighted by Gasteiger charge is 2.32. The van der Waals surface area contributed by atoms with Gasteiger partial charge in [-0.15, -0.1) is 0 Å². The third-order valence-corrected chi connectivity index (χ3v) is 3.85. The number of carbonyl (C=O) groups excluding carboxylic acids is 1. The first-order valence-electron chi connectivity index (χ1n) is 6.73. The molecule has 0 aromatic heterocycles. The van der Waals surface area contributed by atoms with Gasteiger partial charge in [-0.3, -0.25) is 9.79 Å². The largest absolute Gasteiger partial charge is 0.312 e. The Hall–Kier alpha value is -1.64. The first-order valence-corrected chi connectivity index (χ1v) is 6.73. The predicted octanol–water partition coefficient (Wildman–Crippen LogP) is 2.10. The van der Waals surface area contributed by atoms with Gasteiger partial charge in [0, 0.05) is 5.92 Å². The van der Waals surface area contributed by atoms with Crippen LogP contribution in [0.5, 0.6) is 0 Å². The molecular formula is C15H18N2O. The first kappa shape index (κ1) is 11.5. The summed E-state index contributed by atoms with van der Waals surface area (Å²) in [6, 6.07) is 8.37. The topological polar surface area (TPSA) is 41.5 Å². The van der Waals surface area contributed by atoms with Crippen LogP contribution in [0.3, 0.4) is 0 Å². The molecule has 1 atom stereocenters. The number of rotatable bonds is 3. The SMILES string of the molecule is CCCC1N=C(C2Cc3ccccc3C2)NC1=O. The second-order valence-corrected chi connectivity index (χ2v) is 5.18. The van der Waals surface area contributed by atoms with Crippen LogP contribution in [0.25, 0.3) is 0 Å². The second-order valence-electron chi connectivity index (χ2n) is 5.18. The molecule has 0 saturated heterocycles. The number of fused-ring (bicyclic) bond motifs is 1. The zero-order chi connectivity index (χ0) is 12.5. The van der Waals surface area contributed by atoms with Gasteiger partial charge < -0.3 is 5.32 Å². The fourth-order valence-corrected chi connectivity index (χ4v) is 2.90. The maximum atomic E-state index is 11.8. The van der Waals surface area contributed by atoms with Gasteiger partial charge in [0.25, 0.3) is 0 Å². The number of hydrogen-bond donors (Lipinski definition) is 1. The van der Waals surface area contributed by atoms with Crippen LogP contribution in [-0.2, 0) is 17.6 Å². The van der Waals surface area contributed by atoms with E-state index in [1.165, 1.54) is 11.1 Å². The van der Waals surface area contributed by atoms with E-state index in [9.17, 15) is 4.79 Å². The fraction of sp³-hybridized carbons (Fsp3) is 0.467. The lowest BCUT2D eigenvalue weighted by Crippen LogP contribution is -2.33. The van der Waals surface area contributed by atoms with Crippen LogP contribution >= 0.6 is 0 Å². The number of benzene rings is 1. The smallest absolute Gasteiger partial charge is 0.250 e. The Morgan fingerprint density at radius 2 is 1.94 bits per heavy atom. The molecule has 94 valence electrons. The molecule has 1 amide bonds. The molecule has 2 aliphatic rings. The molecule has 3 nitrogen and oxygen atoms in total. The Labute approximate surface area is 107 Å². The molecule has 0 radical (unpaired) electrons. The van der Waals surface area contributed by atoms with E-state index in [1.807, 2.05) is 0 Å². The van der Waals surface area contributed by atoms with Gasteiger partial charge >= 0.3 is 0 Å². The van der Waals surface area contributed by atoms with Crippen molar-refractivity contribution in [1.29, 1.82) is 0 Å². The molecule has 1 unspecified atom stereocenters. The van der Waals surface area contributed by atoms with Crippen molar-refractivity contribution < 1.29 is 4.79 Å². The van der Waals surface area contributed by atoms with Gasteiger partial charge in [0.1, 0.15) is 11.9 Å². The number of nitrogens with zero attached hydrogens (tertiary/aromatic N) is 1. The van der Waals surface area contributed by atoms with Gasteiger partial charge in [-0.05, 0) is 30.4 Å². The van der Waals surface area contributed by atoms with Crippen molar-refractivity contribution in [2.75, 3.05) is 0 Å². The van der Waals surface area contributed by atoms with Crippen LogP contribution in [0.2, 0.25) is 0 Å². The van der Waals surface area contributed by atoms with Crippen molar-refractivity contribution in [3.05, 3.63) is 35.4 Å². The summed E-state index contributed by atoms with van der Waals surface area (Å²) < 4.78 is 0. The van der Waals surface area contributed by atoms with Gasteiger partial charge in [-0.25, -0.2) is 0 Å². The summed E-state index contributed by atoms with van der Waals surface area (Å²) in [6.07, 6.45) is 3.87. The quantitative estimate of drug-likeness (QED) is 0.866. The minimum absolute atomic E-state index is 0.0859. The van der Waals surface area contributed by atoms with Crippen LogP contribution in [-0.4, -0.2) is 17.8 Å². The van der Waals surface area contributed by atoms with E-state index in [0.717, 1.165) is 31.5 Å². The van der Waals surface area contributed by atoms with Crippen molar-refractivity contribution in [3.63, 3.8) is 0 Å². The maximum Gasteiger partial charge on any atom is 0.250 e. The zero-order valence-corrected chi connectivity index (χ0v) is 10.6. The predicted molar refractivity (Wildman–Crippen MR) is 71.6 cm³/mol. The number of carbonyl (C=O) groups is 1. The van der Waals surface area contributed by atoms with Gasteiger partial charge in [0.2, 0.25) is 5.91 Å². The molecule has 3 rings (SSSR count). The molecule has 1 heterocycles. The van der Waals surface area contributed by atoms with Gasteiger partial charge in [-0.1, -0.05) is 37.6 Å². The van der Waals surface area contributed by atoms with E-state index in [1.54, 1.807) is 0 Å². The molecule has 0 spiro atoms. The standard InChI is InChI=1S/C15H18N2O/c1-2-5-13-15(18)17-14(16-13)12-8-10-6-3-4-7-11(10)9-12/h3-4,6-7,12-13H,2,5,8-9H2,1H3,(H,16,17,18). The lowest BCUT2D eigenvalue weighted by Gasteiger charge is -2.07. The minimum atomic E-state index is -0.145. The van der Waals surface area contributed by atoms with E-state index in [-0.39, 0.29) is 11.9 Å². The average molecular weight is 242 g/mol. The Kier molecular flexibility index (Phi) is 2.90. The van der Waals surface area contributed by atoms with E-state index < -0.39 is 0 Å². The van der Waals surface area contributed by atoms with Crippen LogP contribution in [0.4, 0.5) is 0 Å². The van der Waals surface area contributed by atoms with E-state index in [2.05, 4.69) is 41.5 Å². The summed E-state index contributed by atoms with van der Waals surface area (Å²) in [4.78, 5) is 16.4. The third-order valence-electron chi connectivity index (χ3n) is 3.85. The molecule has 0 fully saturated rings. The minimum Gasteiger partial charge on any atom is -0.312 e. The Balaban J connectivity index is 1.75. The highest BCUT2D eigenvalue weighted by molar-refractivity contribution is 6.07. The molecular weight excluding hydrogens is 224 g/mol. The second kappa shape index (κ2) is 4.56. The lowest BCUT2D eigenvalue weighted by atomic mass is 10.1. The van der Waals surface area contributed by atoms with Gasteiger partial charge in [-0.2, -0.15) is 0 Å². The summed E-state index contributed by atoms with van der Waals surface area (Å²) in [5.74, 6) is 1.37. The van der Waals surface area contributed by atoms with Crippen molar-refractivity contribution in [2.45, 2.75) is 38.6 Å². The lowest BCUT2D eigenvalue weighted by molar-refractivity contribution is -0.120. The number of amides is 1. The molecule has 0 bridgehead atoms. The zero-order valence-electron chi connectivity index (χ0n) is 10.6. The van der Waals surface area contributed by atoms with E-state index in [4.69, 9.17) is 0 Å². The molecule has 1 N–H and O–H groups in total. The average Bonchev–Trinajstić information content (AvgIpc) is 2.94. The Morgan fingerprint density at radius 3 is 2.56 bits per heavy atom. The monoisotopic (exact) mass is 242 g/mol. The maximum absolute atomic E-state index is 11.8. The summed E-state index contributed by atoms with van der Waals surface area (Å²) in [7, 11) is 0. The van der Waals surface area contributed by atoms with Crippen molar-refractivity contribution >= 4 is 11.7 Å². The highest BCUT2D eigenvalue weighted by atomic mass is 16.2. The molecule has 18 heavy (non-hydrogen) atoms. The number of nitrogens with one attached hydrogen (secondary N) is 1. The number of amidine groups is 1. The van der Waals surface area contributed by atoms with Gasteiger partial charge in [0.15, 0.2) is 0 Å².